The molecule has 20 heavy (non-hydrogen) atoms. The van der Waals surface area contributed by atoms with Crippen molar-refractivity contribution in [1.29, 1.82) is 0 Å². The molecule has 0 unspecified atom stereocenters. The molecule has 2 heterocycles. The van der Waals surface area contributed by atoms with Crippen LogP contribution in [0.15, 0.2) is 17.2 Å². The molecular weight excluding hydrogens is 323 g/mol. The van der Waals surface area contributed by atoms with Crippen molar-refractivity contribution in [3.63, 3.8) is 0 Å². The monoisotopic (exact) mass is 338 g/mol. The minimum Gasteiger partial charge on any atom is -0.381 e. The van der Waals surface area contributed by atoms with Gasteiger partial charge in [0.1, 0.15) is 10.0 Å². The third-order valence-electron chi connectivity index (χ3n) is 3.34. The van der Waals surface area contributed by atoms with Crippen LogP contribution >= 0.6 is 23.2 Å². The lowest BCUT2D eigenvalue weighted by atomic mass is 10.0. The Balaban J connectivity index is 2.13. The summed E-state index contributed by atoms with van der Waals surface area (Å²) in [5.74, 6) is 0.319. The van der Waals surface area contributed by atoms with Crippen LogP contribution in [-0.2, 0) is 14.8 Å². The van der Waals surface area contributed by atoms with Gasteiger partial charge < -0.3 is 4.74 Å². The Morgan fingerprint density at radius 3 is 2.65 bits per heavy atom. The molecule has 8 heteroatoms. The zero-order chi connectivity index (χ0) is 14.8. The van der Waals surface area contributed by atoms with Crippen LogP contribution in [0.2, 0.25) is 10.2 Å². The summed E-state index contributed by atoms with van der Waals surface area (Å²) < 4.78 is 31.5. The summed E-state index contributed by atoms with van der Waals surface area (Å²) in [7, 11) is -2.03. The van der Waals surface area contributed by atoms with E-state index in [2.05, 4.69) is 4.98 Å². The van der Waals surface area contributed by atoms with Gasteiger partial charge in [0.25, 0.3) is 0 Å². The summed E-state index contributed by atoms with van der Waals surface area (Å²) in [6.45, 7) is 1.84. The molecule has 0 radical (unpaired) electrons. The van der Waals surface area contributed by atoms with E-state index >= 15 is 0 Å². The summed E-state index contributed by atoms with van der Waals surface area (Å²) >= 11 is 11.5. The van der Waals surface area contributed by atoms with Gasteiger partial charge in [-0.05, 0) is 24.8 Å². The summed E-state index contributed by atoms with van der Waals surface area (Å²) in [6.07, 6.45) is 2.98. The number of halogens is 2. The fourth-order valence-electron chi connectivity index (χ4n) is 2.12. The molecule has 0 amide bonds. The molecule has 1 fully saturated rings. The second-order valence-electron chi connectivity index (χ2n) is 4.78. The van der Waals surface area contributed by atoms with Gasteiger partial charge in [0.15, 0.2) is 0 Å². The minimum atomic E-state index is -3.59. The molecule has 0 spiro atoms. The summed E-state index contributed by atoms with van der Waals surface area (Å²) in [5.41, 5.74) is 0. The van der Waals surface area contributed by atoms with Crippen molar-refractivity contribution in [3.8, 4) is 0 Å². The fourth-order valence-corrected chi connectivity index (χ4v) is 3.67. The Bertz CT molecular complexity index is 574. The van der Waals surface area contributed by atoms with Crippen molar-refractivity contribution in [3.05, 3.63) is 22.4 Å². The molecule has 0 bridgehead atoms. The maximum absolute atomic E-state index is 12.4. The number of rotatable bonds is 4. The molecule has 1 saturated heterocycles. The molecule has 1 aromatic heterocycles. The molecule has 0 N–H and O–H groups in total. The molecule has 5 nitrogen and oxygen atoms in total. The van der Waals surface area contributed by atoms with Gasteiger partial charge in [-0.15, -0.1) is 0 Å². The Kier molecular flexibility index (Phi) is 5.25. The van der Waals surface area contributed by atoms with Gasteiger partial charge in [0.05, 0.1) is 5.02 Å². The zero-order valence-corrected chi connectivity index (χ0v) is 13.4. The highest BCUT2D eigenvalue weighted by molar-refractivity contribution is 7.89. The van der Waals surface area contributed by atoms with Crippen LogP contribution in [0, 0.1) is 5.92 Å². The Morgan fingerprint density at radius 2 is 2.05 bits per heavy atom. The SMILES string of the molecule is CN(CC1CCOCC1)S(=O)(=O)c1cnc(Cl)c(Cl)c1. The zero-order valence-electron chi connectivity index (χ0n) is 11.1. The van der Waals surface area contributed by atoms with Crippen LogP contribution in [0.1, 0.15) is 12.8 Å². The number of ether oxygens (including phenoxy) is 1. The van der Waals surface area contributed by atoms with E-state index in [0.717, 1.165) is 12.8 Å². The number of sulfonamides is 1. The van der Waals surface area contributed by atoms with E-state index in [1.807, 2.05) is 0 Å². The van der Waals surface area contributed by atoms with E-state index in [-0.39, 0.29) is 15.1 Å². The topological polar surface area (TPSA) is 59.5 Å². The van der Waals surface area contributed by atoms with E-state index < -0.39 is 10.0 Å². The van der Waals surface area contributed by atoms with E-state index in [4.69, 9.17) is 27.9 Å². The highest BCUT2D eigenvalue weighted by Crippen LogP contribution is 2.25. The first-order valence-electron chi connectivity index (χ1n) is 6.26. The third kappa shape index (κ3) is 3.62. The van der Waals surface area contributed by atoms with Gasteiger partial charge in [-0.3, -0.25) is 0 Å². The number of pyridine rings is 1. The van der Waals surface area contributed by atoms with Crippen molar-refractivity contribution < 1.29 is 13.2 Å². The van der Waals surface area contributed by atoms with Gasteiger partial charge in [0, 0.05) is 33.0 Å². The van der Waals surface area contributed by atoms with Crippen LogP contribution < -0.4 is 0 Å². The van der Waals surface area contributed by atoms with Crippen molar-refractivity contribution in [2.24, 2.45) is 5.92 Å². The highest BCUT2D eigenvalue weighted by Gasteiger charge is 2.25. The second kappa shape index (κ2) is 6.58. The van der Waals surface area contributed by atoms with E-state index in [0.29, 0.717) is 25.7 Å². The van der Waals surface area contributed by atoms with Crippen LogP contribution in [0.5, 0.6) is 0 Å². The molecule has 2 rings (SSSR count). The first-order valence-corrected chi connectivity index (χ1v) is 8.46. The van der Waals surface area contributed by atoms with E-state index in [1.165, 1.54) is 16.6 Å². The lowest BCUT2D eigenvalue weighted by molar-refractivity contribution is 0.0620. The summed E-state index contributed by atoms with van der Waals surface area (Å²) in [4.78, 5) is 3.84. The quantitative estimate of drug-likeness (QED) is 0.791. The Morgan fingerprint density at radius 1 is 1.40 bits per heavy atom. The van der Waals surface area contributed by atoms with Crippen molar-refractivity contribution in [1.82, 2.24) is 9.29 Å². The van der Waals surface area contributed by atoms with E-state index in [1.54, 1.807) is 7.05 Å². The summed E-state index contributed by atoms with van der Waals surface area (Å²) in [5, 5.41) is 0.227. The largest absolute Gasteiger partial charge is 0.381 e. The van der Waals surface area contributed by atoms with Gasteiger partial charge in [0.2, 0.25) is 10.0 Å². The lowest BCUT2D eigenvalue weighted by Gasteiger charge is -2.26. The second-order valence-corrected chi connectivity index (χ2v) is 7.60. The van der Waals surface area contributed by atoms with Crippen LogP contribution in [0.3, 0.4) is 0 Å². The minimum absolute atomic E-state index is 0.0569. The molecular formula is C12H16Cl2N2O3S. The number of hydrogen-bond donors (Lipinski definition) is 0. The Hall–Kier alpha value is -0.400. The van der Waals surface area contributed by atoms with Crippen LogP contribution in [0.4, 0.5) is 0 Å². The maximum Gasteiger partial charge on any atom is 0.244 e. The predicted molar refractivity (Wildman–Crippen MR) is 77.6 cm³/mol. The average Bonchev–Trinajstić information content (AvgIpc) is 2.42. The third-order valence-corrected chi connectivity index (χ3v) is 5.81. The molecule has 0 atom stereocenters. The molecule has 112 valence electrons. The fraction of sp³-hybridized carbons (Fsp3) is 0.583. The maximum atomic E-state index is 12.4. The van der Waals surface area contributed by atoms with Gasteiger partial charge in [-0.2, -0.15) is 0 Å². The lowest BCUT2D eigenvalue weighted by Crippen LogP contribution is -2.34. The standard InChI is InChI=1S/C12H16Cl2N2O3S/c1-16(8-9-2-4-19-5-3-9)20(17,18)10-6-11(13)12(14)15-7-10/h6-7,9H,2-5,8H2,1H3. The van der Waals surface area contributed by atoms with Gasteiger partial charge >= 0.3 is 0 Å². The van der Waals surface area contributed by atoms with Gasteiger partial charge in [-0.25, -0.2) is 17.7 Å². The van der Waals surface area contributed by atoms with Crippen LogP contribution in [-0.4, -0.2) is 44.5 Å². The molecule has 1 aliphatic heterocycles. The highest BCUT2D eigenvalue weighted by atomic mass is 35.5. The average molecular weight is 339 g/mol. The first kappa shape index (κ1) is 16.0. The normalized spacial score (nSPS) is 17.6. The molecule has 0 saturated carbocycles. The molecule has 1 aliphatic rings. The van der Waals surface area contributed by atoms with Crippen molar-refractivity contribution >= 4 is 33.2 Å². The number of aromatic nitrogens is 1. The van der Waals surface area contributed by atoms with Crippen molar-refractivity contribution in [2.75, 3.05) is 26.8 Å². The predicted octanol–water partition coefficient (Wildman–Crippen LogP) is 2.44. The smallest absolute Gasteiger partial charge is 0.244 e. The van der Waals surface area contributed by atoms with E-state index in [9.17, 15) is 8.42 Å². The molecule has 0 aromatic carbocycles. The first-order chi connectivity index (χ1) is 9.41. The number of nitrogens with zero attached hydrogens (tertiary/aromatic N) is 2. The van der Waals surface area contributed by atoms with Crippen LogP contribution in [0.25, 0.3) is 0 Å². The number of hydrogen-bond acceptors (Lipinski definition) is 4. The Labute approximate surface area is 128 Å². The molecule has 0 aliphatic carbocycles. The molecule has 1 aromatic rings. The summed E-state index contributed by atoms with van der Waals surface area (Å²) in [6, 6.07) is 1.33. The van der Waals surface area contributed by atoms with Gasteiger partial charge in [-0.1, -0.05) is 23.2 Å². The van der Waals surface area contributed by atoms with Crippen molar-refractivity contribution in [2.45, 2.75) is 17.7 Å².